The zero-order valence-electron chi connectivity index (χ0n) is 9.25. The first-order chi connectivity index (χ1) is 6.99. The predicted molar refractivity (Wildman–Crippen MR) is 55.5 cm³/mol. The topological polar surface area (TPSA) is 69.6 Å². The summed E-state index contributed by atoms with van der Waals surface area (Å²) in [4.78, 5) is 24.2. The van der Waals surface area contributed by atoms with Gasteiger partial charge in [-0.05, 0) is 20.4 Å². The summed E-state index contributed by atoms with van der Waals surface area (Å²) in [7, 11) is 1.79. The number of amides is 1. The monoisotopic (exact) mass is 214 g/mol. The van der Waals surface area contributed by atoms with Gasteiger partial charge in [-0.25, -0.2) is 0 Å². The van der Waals surface area contributed by atoms with Crippen molar-refractivity contribution in [2.75, 3.05) is 26.7 Å². The quantitative estimate of drug-likeness (QED) is 0.686. The van der Waals surface area contributed by atoms with E-state index in [1.807, 2.05) is 0 Å². The minimum absolute atomic E-state index is 0.0364. The molecule has 5 nitrogen and oxygen atoms in total. The number of nitrogens with one attached hydrogen (secondary N) is 1. The molecule has 15 heavy (non-hydrogen) atoms. The van der Waals surface area contributed by atoms with Crippen molar-refractivity contribution in [3.8, 4) is 0 Å². The van der Waals surface area contributed by atoms with Gasteiger partial charge < -0.3 is 15.3 Å². The van der Waals surface area contributed by atoms with Gasteiger partial charge in [-0.2, -0.15) is 0 Å². The van der Waals surface area contributed by atoms with Crippen LogP contribution in [0.2, 0.25) is 0 Å². The summed E-state index contributed by atoms with van der Waals surface area (Å²) < 4.78 is 0. The number of aliphatic carboxylic acids is 1. The summed E-state index contributed by atoms with van der Waals surface area (Å²) in [6.45, 7) is 3.23. The van der Waals surface area contributed by atoms with Crippen LogP contribution in [0, 0.1) is 5.41 Å². The number of hydrogen-bond donors (Lipinski definition) is 2. The Morgan fingerprint density at radius 3 is 2.67 bits per heavy atom. The second-order valence-electron chi connectivity index (χ2n) is 4.28. The highest BCUT2D eigenvalue weighted by Gasteiger charge is 2.41. The van der Waals surface area contributed by atoms with Gasteiger partial charge in [0.1, 0.15) is 0 Å². The lowest BCUT2D eigenvalue weighted by molar-refractivity contribution is -0.147. The molecule has 0 aromatic rings. The molecule has 1 amide bonds. The van der Waals surface area contributed by atoms with E-state index in [1.54, 1.807) is 18.9 Å². The maximum absolute atomic E-state index is 11.6. The maximum atomic E-state index is 11.6. The van der Waals surface area contributed by atoms with Crippen LogP contribution in [0.15, 0.2) is 0 Å². The van der Waals surface area contributed by atoms with Crippen LogP contribution in [0.1, 0.15) is 19.8 Å². The van der Waals surface area contributed by atoms with E-state index in [0.717, 1.165) is 0 Å². The van der Waals surface area contributed by atoms with Crippen molar-refractivity contribution < 1.29 is 14.7 Å². The van der Waals surface area contributed by atoms with Gasteiger partial charge in [0.25, 0.3) is 0 Å². The van der Waals surface area contributed by atoms with Crippen molar-refractivity contribution in [1.29, 1.82) is 0 Å². The fourth-order valence-corrected chi connectivity index (χ4v) is 1.74. The first kappa shape index (κ1) is 12.0. The van der Waals surface area contributed by atoms with E-state index < -0.39 is 11.4 Å². The Labute approximate surface area is 89.4 Å². The summed E-state index contributed by atoms with van der Waals surface area (Å²) >= 11 is 0. The average molecular weight is 214 g/mol. The van der Waals surface area contributed by atoms with Gasteiger partial charge in [0, 0.05) is 26.1 Å². The standard InChI is InChI=1S/C10H18N2O3/c1-10(9(14)15)4-6-12(7-10)8(13)3-5-11-2/h11H,3-7H2,1-2H3,(H,14,15). The molecule has 0 aromatic heterocycles. The number of rotatable bonds is 4. The Bertz CT molecular complexity index is 267. The minimum Gasteiger partial charge on any atom is -0.481 e. The summed E-state index contributed by atoms with van der Waals surface area (Å²) in [5.74, 6) is -0.777. The van der Waals surface area contributed by atoms with Crippen molar-refractivity contribution in [2.45, 2.75) is 19.8 Å². The van der Waals surface area contributed by atoms with Crippen molar-refractivity contribution in [1.82, 2.24) is 10.2 Å². The second kappa shape index (κ2) is 4.61. The zero-order valence-corrected chi connectivity index (χ0v) is 9.25. The van der Waals surface area contributed by atoms with E-state index >= 15 is 0 Å². The van der Waals surface area contributed by atoms with Gasteiger partial charge in [-0.15, -0.1) is 0 Å². The summed E-state index contributed by atoms with van der Waals surface area (Å²) in [5.41, 5.74) is -0.755. The van der Waals surface area contributed by atoms with Gasteiger partial charge >= 0.3 is 5.97 Å². The third-order valence-electron chi connectivity index (χ3n) is 2.93. The van der Waals surface area contributed by atoms with Gasteiger partial charge in [0.05, 0.1) is 5.41 Å². The first-order valence-electron chi connectivity index (χ1n) is 5.15. The Morgan fingerprint density at radius 2 is 2.20 bits per heavy atom. The lowest BCUT2D eigenvalue weighted by Gasteiger charge is -2.20. The smallest absolute Gasteiger partial charge is 0.311 e. The lowest BCUT2D eigenvalue weighted by atomic mass is 9.90. The second-order valence-corrected chi connectivity index (χ2v) is 4.28. The fraction of sp³-hybridized carbons (Fsp3) is 0.800. The lowest BCUT2D eigenvalue weighted by Crippen LogP contribution is -2.35. The molecular weight excluding hydrogens is 196 g/mol. The number of carbonyl (C=O) groups excluding carboxylic acids is 1. The molecule has 1 atom stereocenters. The van der Waals surface area contributed by atoms with Crippen LogP contribution in [0.5, 0.6) is 0 Å². The van der Waals surface area contributed by atoms with Crippen molar-refractivity contribution in [2.24, 2.45) is 5.41 Å². The normalized spacial score (nSPS) is 25.6. The number of carboxylic acids is 1. The number of carboxylic acid groups (broad SMARTS) is 1. The van der Waals surface area contributed by atoms with E-state index in [-0.39, 0.29) is 5.91 Å². The Balaban J connectivity index is 2.49. The number of carbonyl (C=O) groups is 2. The molecule has 0 radical (unpaired) electrons. The molecule has 0 bridgehead atoms. The highest BCUT2D eigenvalue weighted by atomic mass is 16.4. The molecular formula is C10H18N2O3. The van der Waals surface area contributed by atoms with Crippen LogP contribution in [0.4, 0.5) is 0 Å². The molecule has 0 aromatic carbocycles. The van der Waals surface area contributed by atoms with E-state index in [1.165, 1.54) is 0 Å². The molecule has 0 spiro atoms. The highest BCUT2D eigenvalue weighted by molar-refractivity contribution is 5.80. The highest BCUT2D eigenvalue weighted by Crippen LogP contribution is 2.30. The molecule has 0 saturated carbocycles. The Hall–Kier alpha value is -1.10. The molecule has 1 unspecified atom stereocenters. The molecule has 1 aliphatic heterocycles. The van der Waals surface area contributed by atoms with Crippen LogP contribution >= 0.6 is 0 Å². The average Bonchev–Trinajstić information content (AvgIpc) is 2.59. The van der Waals surface area contributed by atoms with E-state index in [0.29, 0.717) is 32.5 Å². The van der Waals surface area contributed by atoms with Gasteiger partial charge in [-0.3, -0.25) is 9.59 Å². The summed E-state index contributed by atoms with van der Waals surface area (Å²) in [5, 5.41) is 11.9. The summed E-state index contributed by atoms with van der Waals surface area (Å²) in [6.07, 6.45) is 0.986. The first-order valence-corrected chi connectivity index (χ1v) is 5.15. The van der Waals surface area contributed by atoms with Crippen LogP contribution < -0.4 is 5.32 Å². The van der Waals surface area contributed by atoms with Gasteiger partial charge in [0.2, 0.25) is 5.91 Å². The third kappa shape index (κ3) is 2.68. The van der Waals surface area contributed by atoms with Crippen LogP contribution in [-0.2, 0) is 9.59 Å². The van der Waals surface area contributed by atoms with E-state index in [2.05, 4.69) is 5.32 Å². The molecule has 1 heterocycles. The van der Waals surface area contributed by atoms with Crippen molar-refractivity contribution in [3.63, 3.8) is 0 Å². The predicted octanol–water partition coefficient (Wildman–Crippen LogP) is -0.0809. The molecule has 1 saturated heterocycles. The van der Waals surface area contributed by atoms with E-state index in [4.69, 9.17) is 5.11 Å². The Morgan fingerprint density at radius 1 is 1.53 bits per heavy atom. The number of likely N-dealkylation sites (tertiary alicyclic amines) is 1. The SMILES string of the molecule is CNCCC(=O)N1CCC(C)(C(=O)O)C1. The molecule has 1 aliphatic rings. The van der Waals surface area contributed by atoms with Gasteiger partial charge in [-0.1, -0.05) is 0 Å². The van der Waals surface area contributed by atoms with Crippen LogP contribution in [-0.4, -0.2) is 48.6 Å². The molecule has 1 fully saturated rings. The molecule has 2 N–H and O–H groups in total. The zero-order chi connectivity index (χ0) is 11.5. The van der Waals surface area contributed by atoms with Crippen molar-refractivity contribution in [3.05, 3.63) is 0 Å². The molecule has 0 aliphatic carbocycles. The minimum atomic E-state index is -0.814. The number of nitrogens with zero attached hydrogens (tertiary/aromatic N) is 1. The fourth-order valence-electron chi connectivity index (χ4n) is 1.74. The van der Waals surface area contributed by atoms with E-state index in [9.17, 15) is 9.59 Å². The van der Waals surface area contributed by atoms with Gasteiger partial charge in [0.15, 0.2) is 0 Å². The van der Waals surface area contributed by atoms with Crippen LogP contribution in [0.3, 0.4) is 0 Å². The molecule has 5 heteroatoms. The Kier molecular flexibility index (Phi) is 3.68. The summed E-state index contributed by atoms with van der Waals surface area (Å²) in [6, 6.07) is 0. The maximum Gasteiger partial charge on any atom is 0.311 e. The largest absolute Gasteiger partial charge is 0.481 e. The number of hydrogen-bond acceptors (Lipinski definition) is 3. The third-order valence-corrected chi connectivity index (χ3v) is 2.93. The molecule has 86 valence electrons. The van der Waals surface area contributed by atoms with Crippen molar-refractivity contribution >= 4 is 11.9 Å². The van der Waals surface area contributed by atoms with Crippen LogP contribution in [0.25, 0.3) is 0 Å². The molecule has 1 rings (SSSR count).